The van der Waals surface area contributed by atoms with Crippen LogP contribution in [-0.4, -0.2) is 18.3 Å². The highest BCUT2D eigenvalue weighted by Gasteiger charge is 1.98. The highest BCUT2D eigenvalue weighted by Crippen LogP contribution is 2.25. The molecule has 0 aliphatic rings. The maximum atomic E-state index is 5.22. The second kappa shape index (κ2) is 5.25. The third kappa shape index (κ3) is 2.91. The minimum atomic E-state index is 0.761. The van der Waals surface area contributed by atoms with E-state index in [0.29, 0.717) is 0 Å². The lowest BCUT2D eigenvalue weighted by Gasteiger charge is -2.02. The number of nitrogens with zero attached hydrogens (tertiary/aromatic N) is 2. The van der Waals surface area contributed by atoms with Crippen molar-refractivity contribution in [3.63, 3.8) is 0 Å². The van der Waals surface area contributed by atoms with E-state index in [1.807, 2.05) is 43.3 Å². The Morgan fingerprint density at radius 2 is 2.06 bits per heavy atom. The molecule has 1 aromatic heterocycles. The topological polar surface area (TPSA) is 34.5 Å². The minimum absolute atomic E-state index is 0.761. The fourth-order valence-corrected chi connectivity index (χ4v) is 1.50. The highest BCUT2D eigenvalue weighted by atomic mass is 16.5. The van der Waals surface area contributed by atoms with Gasteiger partial charge in [0, 0.05) is 6.20 Å². The van der Waals surface area contributed by atoms with Crippen LogP contribution in [-0.2, 0) is 0 Å². The lowest BCUT2D eigenvalue weighted by atomic mass is 10.2. The molecule has 0 amide bonds. The first-order valence-corrected chi connectivity index (χ1v) is 5.39. The van der Waals surface area contributed by atoms with Crippen LogP contribution in [0.25, 0.3) is 0 Å². The number of para-hydroxylation sites is 2. The Kier molecular flexibility index (Phi) is 3.50. The van der Waals surface area contributed by atoms with Crippen molar-refractivity contribution in [1.82, 2.24) is 4.98 Å². The van der Waals surface area contributed by atoms with E-state index in [-0.39, 0.29) is 0 Å². The lowest BCUT2D eigenvalue weighted by molar-refractivity contribution is 0.416. The monoisotopic (exact) mass is 226 g/mol. The van der Waals surface area contributed by atoms with Gasteiger partial charge in [0.1, 0.15) is 11.4 Å². The van der Waals surface area contributed by atoms with E-state index >= 15 is 0 Å². The number of rotatable bonds is 3. The van der Waals surface area contributed by atoms with E-state index in [1.54, 1.807) is 19.5 Å². The number of aromatic nitrogens is 1. The summed E-state index contributed by atoms with van der Waals surface area (Å²) in [6.45, 7) is 2.03. The quantitative estimate of drug-likeness (QED) is 0.753. The molecular weight excluding hydrogens is 212 g/mol. The molecule has 3 nitrogen and oxygen atoms in total. The summed E-state index contributed by atoms with van der Waals surface area (Å²) in [4.78, 5) is 8.60. The van der Waals surface area contributed by atoms with Crippen molar-refractivity contribution >= 4 is 11.9 Å². The number of ether oxygens (including phenoxy) is 1. The van der Waals surface area contributed by atoms with Gasteiger partial charge in [-0.3, -0.25) is 9.98 Å². The molecule has 0 aliphatic heterocycles. The molecule has 0 radical (unpaired) electrons. The summed E-state index contributed by atoms with van der Waals surface area (Å²) < 4.78 is 5.22. The molecule has 0 unspecified atom stereocenters. The van der Waals surface area contributed by atoms with Gasteiger partial charge in [-0.2, -0.15) is 0 Å². The summed E-state index contributed by atoms with van der Waals surface area (Å²) in [7, 11) is 1.64. The zero-order valence-corrected chi connectivity index (χ0v) is 9.92. The van der Waals surface area contributed by atoms with Crippen LogP contribution >= 0.6 is 0 Å². The van der Waals surface area contributed by atoms with Gasteiger partial charge in [-0.05, 0) is 36.8 Å². The van der Waals surface area contributed by atoms with E-state index in [2.05, 4.69) is 9.98 Å². The van der Waals surface area contributed by atoms with Crippen molar-refractivity contribution in [2.24, 2.45) is 4.99 Å². The molecule has 0 aliphatic carbocycles. The fourth-order valence-electron chi connectivity index (χ4n) is 1.50. The van der Waals surface area contributed by atoms with E-state index in [0.717, 1.165) is 17.1 Å². The van der Waals surface area contributed by atoms with Crippen LogP contribution in [0.15, 0.2) is 47.6 Å². The third-order valence-electron chi connectivity index (χ3n) is 2.36. The van der Waals surface area contributed by atoms with Gasteiger partial charge in [0.05, 0.1) is 19.0 Å². The lowest BCUT2D eigenvalue weighted by Crippen LogP contribution is -1.88. The van der Waals surface area contributed by atoms with Gasteiger partial charge in [0.25, 0.3) is 0 Å². The molecule has 3 heteroatoms. The van der Waals surface area contributed by atoms with Crippen molar-refractivity contribution in [2.75, 3.05) is 7.11 Å². The summed E-state index contributed by atoms with van der Waals surface area (Å²) >= 11 is 0. The van der Waals surface area contributed by atoms with Gasteiger partial charge in [-0.1, -0.05) is 12.1 Å². The Balaban J connectivity index is 2.26. The smallest absolute Gasteiger partial charge is 0.144 e. The molecule has 0 N–H and O–H groups in total. The molecule has 17 heavy (non-hydrogen) atoms. The molecule has 0 fully saturated rings. The van der Waals surface area contributed by atoms with Crippen molar-refractivity contribution in [2.45, 2.75) is 6.92 Å². The van der Waals surface area contributed by atoms with Gasteiger partial charge < -0.3 is 4.74 Å². The summed E-state index contributed by atoms with van der Waals surface area (Å²) in [5.41, 5.74) is 2.82. The van der Waals surface area contributed by atoms with E-state index in [9.17, 15) is 0 Å². The van der Waals surface area contributed by atoms with Gasteiger partial charge in [-0.25, -0.2) is 0 Å². The molecule has 2 rings (SSSR count). The Bertz CT molecular complexity index is 535. The van der Waals surface area contributed by atoms with E-state index < -0.39 is 0 Å². The van der Waals surface area contributed by atoms with Crippen molar-refractivity contribution in [3.05, 3.63) is 53.9 Å². The molecule has 0 saturated heterocycles. The number of aryl methyl sites for hydroxylation is 1. The SMILES string of the molecule is COc1ccccc1N=Cc1cc(C)ccn1. The minimum Gasteiger partial charge on any atom is -0.494 e. The molecule has 0 saturated carbocycles. The highest BCUT2D eigenvalue weighted by molar-refractivity contribution is 5.80. The van der Waals surface area contributed by atoms with Gasteiger partial charge in [0.15, 0.2) is 0 Å². The maximum Gasteiger partial charge on any atom is 0.144 e. The summed E-state index contributed by atoms with van der Waals surface area (Å²) in [5.74, 6) is 0.761. The largest absolute Gasteiger partial charge is 0.494 e. The number of hydrogen-bond acceptors (Lipinski definition) is 3. The Morgan fingerprint density at radius 1 is 1.24 bits per heavy atom. The maximum absolute atomic E-state index is 5.22. The second-order valence-corrected chi connectivity index (χ2v) is 3.69. The number of hydrogen-bond donors (Lipinski definition) is 0. The molecule has 1 aromatic carbocycles. The molecule has 0 bridgehead atoms. The average molecular weight is 226 g/mol. The Hall–Kier alpha value is -2.16. The first-order chi connectivity index (χ1) is 8.29. The molecule has 2 aromatic rings. The Labute approximate surface area is 101 Å². The van der Waals surface area contributed by atoms with Crippen LogP contribution in [0.2, 0.25) is 0 Å². The molecule has 0 atom stereocenters. The van der Waals surface area contributed by atoms with E-state index in [4.69, 9.17) is 4.74 Å². The summed E-state index contributed by atoms with van der Waals surface area (Å²) in [6.07, 6.45) is 3.52. The Morgan fingerprint density at radius 3 is 2.82 bits per heavy atom. The first kappa shape index (κ1) is 11.3. The normalized spacial score (nSPS) is 10.7. The van der Waals surface area contributed by atoms with Crippen LogP contribution in [0.4, 0.5) is 5.69 Å². The van der Waals surface area contributed by atoms with Crippen molar-refractivity contribution in [3.8, 4) is 5.75 Å². The number of methoxy groups -OCH3 is 1. The number of aliphatic imine (C=N–C) groups is 1. The van der Waals surface area contributed by atoms with Crippen LogP contribution < -0.4 is 4.74 Å². The van der Waals surface area contributed by atoms with Gasteiger partial charge >= 0.3 is 0 Å². The second-order valence-electron chi connectivity index (χ2n) is 3.69. The summed E-state index contributed by atoms with van der Waals surface area (Å²) in [5, 5.41) is 0. The zero-order valence-electron chi connectivity index (χ0n) is 9.92. The molecule has 0 spiro atoms. The predicted octanol–water partition coefficient (Wildman–Crippen LogP) is 3.15. The van der Waals surface area contributed by atoms with Crippen molar-refractivity contribution < 1.29 is 4.74 Å². The van der Waals surface area contributed by atoms with Crippen LogP contribution in [0.3, 0.4) is 0 Å². The van der Waals surface area contributed by atoms with Crippen LogP contribution in [0.1, 0.15) is 11.3 Å². The fraction of sp³-hybridized carbons (Fsp3) is 0.143. The standard InChI is InChI=1S/C14H14N2O/c1-11-7-8-15-12(9-11)10-16-13-5-3-4-6-14(13)17-2/h3-10H,1-2H3. The van der Waals surface area contributed by atoms with E-state index in [1.165, 1.54) is 5.56 Å². The van der Waals surface area contributed by atoms with Crippen molar-refractivity contribution in [1.29, 1.82) is 0 Å². The molecular formula is C14H14N2O. The molecule has 1 heterocycles. The van der Waals surface area contributed by atoms with Gasteiger partial charge in [0.2, 0.25) is 0 Å². The third-order valence-corrected chi connectivity index (χ3v) is 2.36. The summed E-state index contributed by atoms with van der Waals surface area (Å²) in [6, 6.07) is 11.6. The first-order valence-electron chi connectivity index (χ1n) is 5.39. The number of benzene rings is 1. The number of pyridine rings is 1. The van der Waals surface area contributed by atoms with Gasteiger partial charge in [-0.15, -0.1) is 0 Å². The predicted molar refractivity (Wildman–Crippen MR) is 69.2 cm³/mol. The zero-order chi connectivity index (χ0) is 12.1. The molecule has 86 valence electrons. The average Bonchev–Trinajstić information content (AvgIpc) is 2.37. The van der Waals surface area contributed by atoms with Crippen LogP contribution in [0.5, 0.6) is 5.75 Å². The van der Waals surface area contributed by atoms with Crippen LogP contribution in [0, 0.1) is 6.92 Å².